The second-order valence-corrected chi connectivity index (χ2v) is 5.10. The summed E-state index contributed by atoms with van der Waals surface area (Å²) >= 11 is 0. The molecule has 0 aromatic heterocycles. The van der Waals surface area contributed by atoms with Crippen molar-refractivity contribution in [3.63, 3.8) is 0 Å². The molecular formula is C16H23NO5. The summed E-state index contributed by atoms with van der Waals surface area (Å²) in [6, 6.07) is 5.22. The van der Waals surface area contributed by atoms with E-state index < -0.39 is 5.97 Å². The number of carboxylic acids is 1. The maximum Gasteiger partial charge on any atom is 0.305 e. The van der Waals surface area contributed by atoms with Gasteiger partial charge >= 0.3 is 5.97 Å². The van der Waals surface area contributed by atoms with Crippen LogP contribution in [0.2, 0.25) is 0 Å². The van der Waals surface area contributed by atoms with Crippen molar-refractivity contribution in [1.29, 1.82) is 0 Å². The van der Waals surface area contributed by atoms with E-state index >= 15 is 0 Å². The van der Waals surface area contributed by atoms with Gasteiger partial charge in [0.15, 0.2) is 0 Å². The van der Waals surface area contributed by atoms with Crippen LogP contribution in [0.25, 0.3) is 0 Å². The first kappa shape index (κ1) is 17.8. The summed E-state index contributed by atoms with van der Waals surface area (Å²) in [5, 5.41) is 11.3. The van der Waals surface area contributed by atoms with Crippen molar-refractivity contribution in [1.82, 2.24) is 5.32 Å². The van der Waals surface area contributed by atoms with Gasteiger partial charge in [-0.25, -0.2) is 0 Å². The van der Waals surface area contributed by atoms with Crippen LogP contribution in [0, 0.1) is 0 Å². The molecule has 1 amide bonds. The summed E-state index contributed by atoms with van der Waals surface area (Å²) in [5.41, 5.74) is 1.01. The number of benzene rings is 1. The van der Waals surface area contributed by atoms with Crippen LogP contribution in [-0.4, -0.2) is 37.2 Å². The van der Waals surface area contributed by atoms with Crippen molar-refractivity contribution in [3.8, 4) is 11.5 Å². The van der Waals surface area contributed by atoms with Crippen molar-refractivity contribution in [3.05, 3.63) is 23.8 Å². The summed E-state index contributed by atoms with van der Waals surface area (Å²) in [7, 11) is 3.19. The number of carbonyl (C=O) groups excluding carboxylic acids is 1. The van der Waals surface area contributed by atoms with Gasteiger partial charge in [-0.3, -0.25) is 9.59 Å². The topological polar surface area (TPSA) is 84.9 Å². The normalized spacial score (nSPS) is 11.6. The summed E-state index contributed by atoms with van der Waals surface area (Å²) in [6.45, 7) is 1.68. The molecule has 1 unspecified atom stereocenters. The second kappa shape index (κ2) is 8.92. The molecule has 0 heterocycles. The highest BCUT2D eigenvalue weighted by Crippen LogP contribution is 2.25. The van der Waals surface area contributed by atoms with Crippen molar-refractivity contribution >= 4 is 11.9 Å². The maximum absolute atomic E-state index is 11.7. The quantitative estimate of drug-likeness (QED) is 0.729. The monoisotopic (exact) mass is 309 g/mol. The highest BCUT2D eigenvalue weighted by atomic mass is 16.5. The maximum atomic E-state index is 11.7. The average Bonchev–Trinajstić information content (AvgIpc) is 2.46. The first-order valence-corrected chi connectivity index (χ1v) is 7.18. The van der Waals surface area contributed by atoms with Crippen LogP contribution >= 0.6 is 0 Å². The average molecular weight is 309 g/mol. The van der Waals surface area contributed by atoms with E-state index in [2.05, 4.69) is 5.32 Å². The largest absolute Gasteiger partial charge is 0.497 e. The van der Waals surface area contributed by atoms with E-state index in [9.17, 15) is 9.59 Å². The fraction of sp³-hybridized carbons (Fsp3) is 0.500. The number of ether oxygens (including phenoxy) is 2. The van der Waals surface area contributed by atoms with Gasteiger partial charge in [0, 0.05) is 18.5 Å². The van der Waals surface area contributed by atoms with Gasteiger partial charge in [0.05, 0.1) is 20.6 Å². The second-order valence-electron chi connectivity index (χ2n) is 5.10. The number of methoxy groups -OCH3 is 2. The lowest BCUT2D eigenvalue weighted by Gasteiger charge is -2.12. The lowest BCUT2D eigenvalue weighted by molar-refractivity contribution is -0.137. The van der Waals surface area contributed by atoms with Crippen LogP contribution in [0.4, 0.5) is 0 Å². The molecule has 0 fully saturated rings. The highest BCUT2D eigenvalue weighted by molar-refractivity contribution is 5.77. The summed E-state index contributed by atoms with van der Waals surface area (Å²) in [4.78, 5) is 22.3. The first-order valence-electron chi connectivity index (χ1n) is 7.18. The summed E-state index contributed by atoms with van der Waals surface area (Å²) in [6.07, 6.45) is 1.64. The highest BCUT2D eigenvalue weighted by Gasteiger charge is 2.11. The fourth-order valence-corrected chi connectivity index (χ4v) is 2.16. The molecule has 1 atom stereocenters. The number of aryl methyl sites for hydroxylation is 1. The van der Waals surface area contributed by atoms with Crippen LogP contribution < -0.4 is 14.8 Å². The number of amides is 1. The number of carbonyl (C=O) groups is 2. The minimum Gasteiger partial charge on any atom is -0.497 e. The van der Waals surface area contributed by atoms with Gasteiger partial charge < -0.3 is 19.9 Å². The Balaban J connectivity index is 2.43. The molecule has 122 valence electrons. The predicted molar refractivity (Wildman–Crippen MR) is 82.3 cm³/mol. The molecule has 6 nitrogen and oxygen atoms in total. The minimum atomic E-state index is -0.921. The Bertz CT molecular complexity index is 515. The number of hydrogen-bond donors (Lipinski definition) is 2. The molecule has 0 bridgehead atoms. The van der Waals surface area contributed by atoms with Crippen LogP contribution in [-0.2, 0) is 16.0 Å². The molecule has 0 saturated carbocycles. The van der Waals surface area contributed by atoms with E-state index in [1.165, 1.54) is 0 Å². The SMILES string of the molecule is COc1ccc(CCCC(=O)NC(C)CC(=O)O)c(OC)c1. The number of nitrogens with one attached hydrogen (secondary N) is 1. The molecule has 0 aliphatic carbocycles. The molecule has 0 radical (unpaired) electrons. The zero-order valence-electron chi connectivity index (χ0n) is 13.2. The van der Waals surface area contributed by atoms with Crippen molar-refractivity contribution in [2.75, 3.05) is 14.2 Å². The third kappa shape index (κ3) is 6.03. The molecule has 0 spiro atoms. The summed E-state index contributed by atoms with van der Waals surface area (Å²) in [5.74, 6) is 0.400. The lowest BCUT2D eigenvalue weighted by atomic mass is 10.1. The van der Waals surface area contributed by atoms with E-state index in [0.29, 0.717) is 19.3 Å². The fourth-order valence-electron chi connectivity index (χ4n) is 2.16. The van der Waals surface area contributed by atoms with Gasteiger partial charge in [-0.05, 0) is 31.4 Å². The zero-order chi connectivity index (χ0) is 16.5. The van der Waals surface area contributed by atoms with Crippen molar-refractivity contribution in [2.24, 2.45) is 0 Å². The Morgan fingerprint density at radius 3 is 2.59 bits per heavy atom. The van der Waals surface area contributed by atoms with E-state index in [1.807, 2.05) is 18.2 Å². The molecule has 0 aliphatic rings. The molecular weight excluding hydrogens is 286 g/mol. The van der Waals surface area contributed by atoms with Crippen LogP contribution in [0.1, 0.15) is 31.7 Å². The van der Waals surface area contributed by atoms with Gasteiger partial charge in [0.2, 0.25) is 5.91 Å². The Morgan fingerprint density at radius 1 is 1.27 bits per heavy atom. The molecule has 1 aromatic carbocycles. The molecule has 22 heavy (non-hydrogen) atoms. The molecule has 1 rings (SSSR count). The van der Waals surface area contributed by atoms with Crippen LogP contribution in [0.3, 0.4) is 0 Å². The van der Waals surface area contributed by atoms with Crippen LogP contribution in [0.15, 0.2) is 18.2 Å². The number of hydrogen-bond acceptors (Lipinski definition) is 4. The number of carboxylic acid groups (broad SMARTS) is 1. The lowest BCUT2D eigenvalue weighted by Crippen LogP contribution is -2.34. The minimum absolute atomic E-state index is 0.0714. The molecule has 1 aromatic rings. The Morgan fingerprint density at radius 2 is 2.00 bits per heavy atom. The van der Waals surface area contributed by atoms with Gasteiger partial charge in [-0.2, -0.15) is 0 Å². The van der Waals surface area contributed by atoms with Crippen molar-refractivity contribution in [2.45, 2.75) is 38.6 Å². The first-order chi connectivity index (χ1) is 10.5. The molecule has 0 aliphatic heterocycles. The van der Waals surface area contributed by atoms with E-state index in [-0.39, 0.29) is 18.4 Å². The third-order valence-electron chi connectivity index (χ3n) is 3.23. The van der Waals surface area contributed by atoms with Crippen LogP contribution in [0.5, 0.6) is 11.5 Å². The molecule has 2 N–H and O–H groups in total. The Hall–Kier alpha value is -2.24. The Kier molecular flexibility index (Phi) is 7.22. The molecule has 6 heteroatoms. The predicted octanol–water partition coefficient (Wildman–Crippen LogP) is 2.01. The van der Waals surface area contributed by atoms with E-state index in [4.69, 9.17) is 14.6 Å². The van der Waals surface area contributed by atoms with Gasteiger partial charge in [0.25, 0.3) is 0 Å². The Labute approximate surface area is 130 Å². The molecule has 0 saturated heterocycles. The summed E-state index contributed by atoms with van der Waals surface area (Å²) < 4.78 is 10.4. The van der Waals surface area contributed by atoms with E-state index in [0.717, 1.165) is 17.1 Å². The number of aliphatic carboxylic acids is 1. The number of rotatable bonds is 9. The smallest absolute Gasteiger partial charge is 0.305 e. The van der Waals surface area contributed by atoms with Gasteiger partial charge in [-0.15, -0.1) is 0 Å². The van der Waals surface area contributed by atoms with Crippen molar-refractivity contribution < 1.29 is 24.2 Å². The third-order valence-corrected chi connectivity index (χ3v) is 3.23. The van der Waals surface area contributed by atoms with E-state index in [1.54, 1.807) is 21.1 Å². The van der Waals surface area contributed by atoms with Gasteiger partial charge in [0.1, 0.15) is 11.5 Å². The standard InChI is InChI=1S/C16H23NO5/c1-11(9-16(19)20)17-15(18)6-4-5-12-7-8-13(21-2)10-14(12)22-3/h7-8,10-11H,4-6,9H2,1-3H3,(H,17,18)(H,19,20). The zero-order valence-corrected chi connectivity index (χ0v) is 13.2. The van der Waals surface area contributed by atoms with Gasteiger partial charge in [-0.1, -0.05) is 6.07 Å².